The lowest BCUT2D eigenvalue weighted by Gasteiger charge is -2.45. The maximum absolute atomic E-state index is 9.99. The molecule has 4 rings (SSSR count). The Morgan fingerprint density at radius 1 is 1.00 bits per heavy atom. The molecule has 0 radical (unpaired) electrons. The van der Waals surface area contributed by atoms with Crippen LogP contribution in [0.4, 0.5) is 0 Å². The fourth-order valence-electron chi connectivity index (χ4n) is 4.20. The van der Waals surface area contributed by atoms with Crippen molar-refractivity contribution in [2.75, 3.05) is 13.2 Å². The van der Waals surface area contributed by atoms with Gasteiger partial charge < -0.3 is 10.4 Å². The van der Waals surface area contributed by atoms with E-state index >= 15 is 0 Å². The van der Waals surface area contributed by atoms with Crippen molar-refractivity contribution < 1.29 is 5.11 Å². The largest absolute Gasteiger partial charge is 0.394 e. The molecule has 0 saturated heterocycles. The molecule has 0 heterocycles. The summed E-state index contributed by atoms with van der Waals surface area (Å²) in [5.74, 6) is 0.998. The first-order valence-electron chi connectivity index (χ1n) is 8.92. The van der Waals surface area contributed by atoms with Gasteiger partial charge in [-0.05, 0) is 70.1 Å². The zero-order valence-electron chi connectivity index (χ0n) is 12.7. The topological polar surface area (TPSA) is 35.5 Å². The molecule has 2 unspecified atom stereocenters. The molecule has 4 aliphatic carbocycles. The molecule has 0 aromatic heterocycles. The average Bonchev–Trinajstić information content (AvgIpc) is 3.28. The van der Waals surface area contributed by atoms with Crippen LogP contribution in [0.2, 0.25) is 0 Å². The molecule has 0 aliphatic heterocycles. The Balaban J connectivity index is 1.42. The minimum atomic E-state index is 0.0424. The molecule has 2 atom stereocenters. The molecule has 0 aromatic rings. The van der Waals surface area contributed by atoms with Gasteiger partial charge in [0.1, 0.15) is 0 Å². The van der Waals surface area contributed by atoms with Crippen LogP contribution in [0, 0.1) is 5.92 Å². The second-order valence-electron chi connectivity index (χ2n) is 7.98. The van der Waals surface area contributed by atoms with Gasteiger partial charge in [0.05, 0.1) is 6.61 Å². The first-order valence-corrected chi connectivity index (χ1v) is 8.92. The van der Waals surface area contributed by atoms with Crippen molar-refractivity contribution in [1.82, 2.24) is 10.2 Å². The highest BCUT2D eigenvalue weighted by atomic mass is 16.3. The summed E-state index contributed by atoms with van der Waals surface area (Å²) in [5, 5.41) is 13.8. The standard InChI is InChI=1S/C17H30N2O/c20-12-17(18-14-5-6-14)9-1-2-16(10-17)19(15-7-8-15)11-13-3-4-13/h13-16,18,20H,1-12H2. The van der Waals surface area contributed by atoms with Gasteiger partial charge >= 0.3 is 0 Å². The molecule has 3 heteroatoms. The number of nitrogens with zero attached hydrogens (tertiary/aromatic N) is 1. The molecule has 0 amide bonds. The van der Waals surface area contributed by atoms with Crippen LogP contribution < -0.4 is 5.32 Å². The number of rotatable bonds is 7. The number of aliphatic hydroxyl groups is 1. The van der Waals surface area contributed by atoms with Gasteiger partial charge in [-0.1, -0.05) is 0 Å². The van der Waals surface area contributed by atoms with Gasteiger partial charge in [-0.3, -0.25) is 4.90 Å². The smallest absolute Gasteiger partial charge is 0.0613 e. The van der Waals surface area contributed by atoms with Crippen LogP contribution in [-0.2, 0) is 0 Å². The van der Waals surface area contributed by atoms with Gasteiger partial charge in [0, 0.05) is 30.2 Å². The van der Waals surface area contributed by atoms with Crippen LogP contribution in [0.15, 0.2) is 0 Å². The predicted molar refractivity (Wildman–Crippen MR) is 80.7 cm³/mol. The van der Waals surface area contributed by atoms with E-state index in [9.17, 15) is 5.11 Å². The highest BCUT2D eigenvalue weighted by Crippen LogP contribution is 2.41. The van der Waals surface area contributed by atoms with E-state index in [1.807, 2.05) is 0 Å². The maximum atomic E-state index is 9.99. The molecule has 4 aliphatic rings. The van der Waals surface area contributed by atoms with E-state index in [2.05, 4.69) is 10.2 Å². The van der Waals surface area contributed by atoms with E-state index < -0.39 is 0 Å². The van der Waals surface area contributed by atoms with Crippen LogP contribution in [0.25, 0.3) is 0 Å². The van der Waals surface area contributed by atoms with Crippen molar-refractivity contribution in [3.63, 3.8) is 0 Å². The zero-order chi connectivity index (χ0) is 13.6. The highest BCUT2D eigenvalue weighted by Gasteiger charge is 2.44. The lowest BCUT2D eigenvalue weighted by molar-refractivity contribution is 0.0520. The molecule has 0 bridgehead atoms. The molecular formula is C17H30N2O. The molecule has 4 saturated carbocycles. The Morgan fingerprint density at radius 2 is 1.80 bits per heavy atom. The van der Waals surface area contributed by atoms with Crippen LogP contribution in [0.1, 0.15) is 64.2 Å². The molecule has 3 nitrogen and oxygen atoms in total. The normalized spacial score (nSPS) is 38.4. The van der Waals surface area contributed by atoms with Gasteiger partial charge in [0.25, 0.3) is 0 Å². The summed E-state index contributed by atoms with van der Waals surface area (Å²) in [6.45, 7) is 1.68. The SMILES string of the molecule is OCC1(NC2CC2)CCCC(N(CC2CC2)C2CC2)C1. The minimum Gasteiger partial charge on any atom is -0.394 e. The molecule has 2 N–H and O–H groups in total. The Bertz CT molecular complexity index is 349. The lowest BCUT2D eigenvalue weighted by atomic mass is 9.78. The highest BCUT2D eigenvalue weighted by molar-refractivity contribution is 5.03. The van der Waals surface area contributed by atoms with Crippen molar-refractivity contribution in [2.45, 2.75) is 87.9 Å². The van der Waals surface area contributed by atoms with Gasteiger partial charge in [0.15, 0.2) is 0 Å². The van der Waals surface area contributed by atoms with Crippen molar-refractivity contribution in [3.05, 3.63) is 0 Å². The summed E-state index contributed by atoms with van der Waals surface area (Å²) < 4.78 is 0. The Kier molecular flexibility index (Phi) is 3.56. The lowest BCUT2D eigenvalue weighted by Crippen LogP contribution is -2.57. The number of hydrogen-bond donors (Lipinski definition) is 2. The summed E-state index contributed by atoms with van der Waals surface area (Å²) in [7, 11) is 0. The van der Waals surface area contributed by atoms with Crippen molar-refractivity contribution in [3.8, 4) is 0 Å². The molecule has 0 aromatic carbocycles. The fraction of sp³-hybridized carbons (Fsp3) is 1.00. The summed E-state index contributed by atoms with van der Waals surface area (Å²) in [6, 6.07) is 2.32. The van der Waals surface area contributed by atoms with E-state index in [0.29, 0.717) is 12.6 Å². The maximum Gasteiger partial charge on any atom is 0.0613 e. The van der Waals surface area contributed by atoms with Gasteiger partial charge in [-0.2, -0.15) is 0 Å². The molecule has 20 heavy (non-hydrogen) atoms. The van der Waals surface area contributed by atoms with E-state index in [1.165, 1.54) is 70.8 Å². The van der Waals surface area contributed by atoms with Crippen LogP contribution in [0.5, 0.6) is 0 Å². The van der Waals surface area contributed by atoms with E-state index in [-0.39, 0.29) is 5.54 Å². The van der Waals surface area contributed by atoms with E-state index in [4.69, 9.17) is 0 Å². The van der Waals surface area contributed by atoms with Gasteiger partial charge in [-0.15, -0.1) is 0 Å². The number of hydrogen-bond acceptors (Lipinski definition) is 3. The third-order valence-electron chi connectivity index (χ3n) is 5.86. The number of nitrogens with one attached hydrogen (secondary N) is 1. The van der Waals surface area contributed by atoms with Crippen molar-refractivity contribution >= 4 is 0 Å². The fourth-order valence-corrected chi connectivity index (χ4v) is 4.20. The third kappa shape index (κ3) is 3.05. The summed E-state index contributed by atoms with van der Waals surface area (Å²) >= 11 is 0. The monoisotopic (exact) mass is 278 g/mol. The van der Waals surface area contributed by atoms with Gasteiger partial charge in [0.2, 0.25) is 0 Å². The van der Waals surface area contributed by atoms with Crippen LogP contribution in [0.3, 0.4) is 0 Å². The summed E-state index contributed by atoms with van der Waals surface area (Å²) in [6.07, 6.45) is 13.4. The molecular weight excluding hydrogens is 248 g/mol. The Hall–Kier alpha value is -0.120. The van der Waals surface area contributed by atoms with Crippen LogP contribution in [-0.4, -0.2) is 46.8 Å². The Morgan fingerprint density at radius 3 is 2.40 bits per heavy atom. The van der Waals surface area contributed by atoms with E-state index in [1.54, 1.807) is 0 Å². The third-order valence-corrected chi connectivity index (χ3v) is 5.86. The predicted octanol–water partition coefficient (Wildman–Crippen LogP) is 2.29. The number of aliphatic hydroxyl groups excluding tert-OH is 1. The first kappa shape index (κ1) is 13.5. The molecule has 114 valence electrons. The van der Waals surface area contributed by atoms with Crippen molar-refractivity contribution in [1.29, 1.82) is 0 Å². The first-order chi connectivity index (χ1) is 9.78. The quantitative estimate of drug-likeness (QED) is 0.750. The molecule has 0 spiro atoms. The summed E-state index contributed by atoms with van der Waals surface area (Å²) in [5.41, 5.74) is 0.0424. The molecule has 4 fully saturated rings. The second kappa shape index (κ2) is 5.26. The minimum absolute atomic E-state index is 0.0424. The average molecular weight is 278 g/mol. The van der Waals surface area contributed by atoms with Crippen LogP contribution >= 0.6 is 0 Å². The summed E-state index contributed by atoms with van der Waals surface area (Å²) in [4.78, 5) is 2.84. The van der Waals surface area contributed by atoms with Gasteiger partial charge in [-0.25, -0.2) is 0 Å². The second-order valence-corrected chi connectivity index (χ2v) is 7.98. The van der Waals surface area contributed by atoms with Crippen molar-refractivity contribution in [2.24, 2.45) is 5.92 Å². The van der Waals surface area contributed by atoms with E-state index in [0.717, 1.165) is 18.0 Å². The zero-order valence-corrected chi connectivity index (χ0v) is 12.7. The Labute approximate surface area is 123 Å².